The molecule has 0 spiro atoms. The Balaban J connectivity index is 2.06. The number of oxime groups is 1. The lowest BCUT2D eigenvalue weighted by molar-refractivity contribution is 0.178. The standard InChI is InChI=1S/C15H23N3O/c1-2-12-6-8-13(9-7-12)11-18-10-4-3-5-14(18)15(16)17-19/h6-9,14,19H,2-5,10-11H2,1H3,(H2,16,17). The molecule has 1 aliphatic rings. The summed E-state index contributed by atoms with van der Waals surface area (Å²) < 4.78 is 0. The Kier molecular flexibility index (Phi) is 4.80. The van der Waals surface area contributed by atoms with E-state index < -0.39 is 0 Å². The number of rotatable bonds is 4. The quantitative estimate of drug-likeness (QED) is 0.378. The van der Waals surface area contributed by atoms with Gasteiger partial charge >= 0.3 is 0 Å². The molecule has 1 unspecified atom stereocenters. The van der Waals surface area contributed by atoms with E-state index in [9.17, 15) is 0 Å². The van der Waals surface area contributed by atoms with Crippen LogP contribution in [0.15, 0.2) is 29.4 Å². The number of piperidine rings is 1. The third kappa shape index (κ3) is 3.47. The molecule has 1 heterocycles. The van der Waals surface area contributed by atoms with Crippen molar-refractivity contribution in [3.8, 4) is 0 Å². The Bertz CT molecular complexity index is 428. The van der Waals surface area contributed by atoms with Crippen LogP contribution in [0.4, 0.5) is 0 Å². The maximum atomic E-state index is 8.88. The van der Waals surface area contributed by atoms with Crippen LogP contribution in [0.25, 0.3) is 0 Å². The van der Waals surface area contributed by atoms with Gasteiger partial charge in [-0.05, 0) is 36.9 Å². The number of amidine groups is 1. The molecule has 1 aliphatic heterocycles. The number of hydrogen-bond donors (Lipinski definition) is 2. The second kappa shape index (κ2) is 6.57. The van der Waals surface area contributed by atoms with Crippen molar-refractivity contribution < 1.29 is 5.21 Å². The first-order valence-corrected chi connectivity index (χ1v) is 7.04. The molecule has 0 aromatic heterocycles. The fraction of sp³-hybridized carbons (Fsp3) is 0.533. The average Bonchev–Trinajstić information content (AvgIpc) is 2.48. The maximum Gasteiger partial charge on any atom is 0.156 e. The predicted octanol–water partition coefficient (Wildman–Crippen LogP) is 2.35. The van der Waals surface area contributed by atoms with Crippen LogP contribution in [0.1, 0.15) is 37.3 Å². The van der Waals surface area contributed by atoms with E-state index >= 15 is 0 Å². The third-order valence-corrected chi connectivity index (χ3v) is 3.89. The van der Waals surface area contributed by atoms with Crippen LogP contribution in [-0.2, 0) is 13.0 Å². The van der Waals surface area contributed by atoms with Crippen molar-refractivity contribution in [2.24, 2.45) is 10.9 Å². The number of likely N-dealkylation sites (tertiary alicyclic amines) is 1. The van der Waals surface area contributed by atoms with Crippen molar-refractivity contribution in [2.75, 3.05) is 6.54 Å². The molecule has 0 saturated carbocycles. The van der Waals surface area contributed by atoms with Gasteiger partial charge in [0.15, 0.2) is 5.84 Å². The highest BCUT2D eigenvalue weighted by Crippen LogP contribution is 2.20. The molecular weight excluding hydrogens is 238 g/mol. The van der Waals surface area contributed by atoms with Crippen LogP contribution in [0.2, 0.25) is 0 Å². The van der Waals surface area contributed by atoms with E-state index in [0.717, 1.165) is 32.4 Å². The summed E-state index contributed by atoms with van der Waals surface area (Å²) >= 11 is 0. The van der Waals surface area contributed by atoms with Gasteiger partial charge in [-0.15, -0.1) is 0 Å². The minimum absolute atomic E-state index is 0.0737. The van der Waals surface area contributed by atoms with Gasteiger partial charge in [0.05, 0.1) is 6.04 Å². The molecule has 2 rings (SSSR count). The maximum absolute atomic E-state index is 8.88. The first-order valence-electron chi connectivity index (χ1n) is 7.04. The number of nitrogens with zero attached hydrogens (tertiary/aromatic N) is 2. The molecule has 19 heavy (non-hydrogen) atoms. The summed E-state index contributed by atoms with van der Waals surface area (Å²) in [5.74, 6) is 0.338. The molecule has 0 amide bonds. The zero-order chi connectivity index (χ0) is 13.7. The second-order valence-electron chi connectivity index (χ2n) is 5.18. The highest BCUT2D eigenvalue weighted by atomic mass is 16.4. The fourth-order valence-electron chi connectivity index (χ4n) is 2.70. The molecule has 1 saturated heterocycles. The molecule has 1 atom stereocenters. The van der Waals surface area contributed by atoms with Gasteiger partial charge in [0.2, 0.25) is 0 Å². The van der Waals surface area contributed by atoms with Crippen LogP contribution in [0.5, 0.6) is 0 Å². The van der Waals surface area contributed by atoms with E-state index in [2.05, 4.69) is 41.2 Å². The Morgan fingerprint density at radius 3 is 2.63 bits per heavy atom. The highest BCUT2D eigenvalue weighted by Gasteiger charge is 2.25. The lowest BCUT2D eigenvalue weighted by atomic mass is 10.00. The normalized spacial score (nSPS) is 21.5. The van der Waals surface area contributed by atoms with Gasteiger partial charge in [0, 0.05) is 6.54 Å². The number of benzene rings is 1. The Hall–Kier alpha value is -1.55. The summed E-state index contributed by atoms with van der Waals surface area (Å²) in [5, 5.41) is 12.1. The van der Waals surface area contributed by atoms with Gasteiger partial charge in [-0.1, -0.05) is 42.8 Å². The van der Waals surface area contributed by atoms with E-state index in [1.165, 1.54) is 17.5 Å². The molecule has 104 valence electrons. The van der Waals surface area contributed by atoms with Crippen LogP contribution in [-0.4, -0.2) is 28.5 Å². The molecule has 3 N–H and O–H groups in total. The molecule has 1 aromatic rings. The van der Waals surface area contributed by atoms with Crippen molar-refractivity contribution in [3.05, 3.63) is 35.4 Å². The van der Waals surface area contributed by atoms with Gasteiger partial charge in [-0.25, -0.2) is 0 Å². The fourth-order valence-corrected chi connectivity index (χ4v) is 2.70. The van der Waals surface area contributed by atoms with Gasteiger partial charge in [-0.2, -0.15) is 0 Å². The van der Waals surface area contributed by atoms with Crippen molar-refractivity contribution in [2.45, 2.75) is 45.2 Å². The minimum Gasteiger partial charge on any atom is -0.409 e. The van der Waals surface area contributed by atoms with Crippen LogP contribution in [0, 0.1) is 0 Å². The van der Waals surface area contributed by atoms with Crippen LogP contribution < -0.4 is 5.73 Å². The minimum atomic E-state index is 0.0737. The van der Waals surface area contributed by atoms with Crippen molar-refractivity contribution >= 4 is 5.84 Å². The highest BCUT2D eigenvalue weighted by molar-refractivity contribution is 5.85. The lowest BCUT2D eigenvalue weighted by Gasteiger charge is -2.34. The van der Waals surface area contributed by atoms with Gasteiger partial charge in [0.1, 0.15) is 0 Å². The first-order chi connectivity index (χ1) is 9.24. The topological polar surface area (TPSA) is 61.8 Å². The van der Waals surface area contributed by atoms with E-state index in [1.54, 1.807) is 0 Å². The van der Waals surface area contributed by atoms with E-state index in [-0.39, 0.29) is 6.04 Å². The molecule has 4 heteroatoms. The predicted molar refractivity (Wildman–Crippen MR) is 77.3 cm³/mol. The number of nitrogens with two attached hydrogens (primary N) is 1. The molecule has 1 fully saturated rings. The van der Waals surface area contributed by atoms with E-state index in [4.69, 9.17) is 10.9 Å². The van der Waals surface area contributed by atoms with Crippen molar-refractivity contribution in [1.29, 1.82) is 0 Å². The summed E-state index contributed by atoms with van der Waals surface area (Å²) in [6, 6.07) is 8.79. The Morgan fingerprint density at radius 1 is 1.32 bits per heavy atom. The summed E-state index contributed by atoms with van der Waals surface area (Å²) in [4.78, 5) is 2.31. The number of aryl methyl sites for hydroxylation is 1. The Labute approximate surface area is 114 Å². The van der Waals surface area contributed by atoms with Gasteiger partial charge in [0.25, 0.3) is 0 Å². The van der Waals surface area contributed by atoms with Crippen LogP contribution >= 0.6 is 0 Å². The zero-order valence-corrected chi connectivity index (χ0v) is 11.5. The zero-order valence-electron chi connectivity index (χ0n) is 11.5. The summed E-state index contributed by atoms with van der Waals surface area (Å²) in [7, 11) is 0. The number of hydrogen-bond acceptors (Lipinski definition) is 3. The molecule has 0 aliphatic carbocycles. The first kappa shape index (κ1) is 13.9. The molecular formula is C15H23N3O. The van der Waals surface area contributed by atoms with Crippen molar-refractivity contribution in [1.82, 2.24) is 4.90 Å². The second-order valence-corrected chi connectivity index (χ2v) is 5.18. The largest absolute Gasteiger partial charge is 0.409 e. The van der Waals surface area contributed by atoms with Crippen LogP contribution in [0.3, 0.4) is 0 Å². The van der Waals surface area contributed by atoms with Crippen molar-refractivity contribution in [3.63, 3.8) is 0 Å². The monoisotopic (exact) mass is 261 g/mol. The molecule has 1 aromatic carbocycles. The summed E-state index contributed by atoms with van der Waals surface area (Å²) in [6.07, 6.45) is 4.37. The summed E-state index contributed by atoms with van der Waals surface area (Å²) in [6.45, 7) is 4.04. The molecule has 0 bridgehead atoms. The molecule has 0 radical (unpaired) electrons. The molecule has 4 nitrogen and oxygen atoms in total. The van der Waals surface area contributed by atoms with E-state index in [1.807, 2.05) is 0 Å². The third-order valence-electron chi connectivity index (χ3n) is 3.89. The Morgan fingerprint density at radius 2 is 2.00 bits per heavy atom. The summed E-state index contributed by atoms with van der Waals surface area (Å²) in [5.41, 5.74) is 8.44. The average molecular weight is 261 g/mol. The smallest absolute Gasteiger partial charge is 0.156 e. The lowest BCUT2D eigenvalue weighted by Crippen LogP contribution is -2.47. The van der Waals surface area contributed by atoms with E-state index in [0.29, 0.717) is 5.84 Å². The SMILES string of the molecule is CCc1ccc(CN2CCCCC2C(N)=NO)cc1. The van der Waals surface area contributed by atoms with Gasteiger partial charge in [-0.3, -0.25) is 4.90 Å². The van der Waals surface area contributed by atoms with Gasteiger partial charge < -0.3 is 10.9 Å².